The maximum absolute atomic E-state index is 12.3. The quantitative estimate of drug-likeness (QED) is 0.518. The Bertz CT molecular complexity index is 953. The Hall–Kier alpha value is -2.51. The molecular weight excluding hydrogens is 350 g/mol. The molecule has 0 atom stereocenters. The average Bonchev–Trinajstić information content (AvgIpc) is 2.96. The van der Waals surface area contributed by atoms with Crippen LogP contribution in [0.1, 0.15) is 26.4 Å². The van der Waals surface area contributed by atoms with Gasteiger partial charge in [0, 0.05) is 12.8 Å². The molecule has 6 nitrogen and oxygen atoms in total. The number of anilines is 2. The molecule has 2 heterocycles. The van der Waals surface area contributed by atoms with E-state index in [2.05, 4.69) is 33.5 Å². The number of carbonyl (C=O) groups is 1. The second kappa shape index (κ2) is 7.80. The molecule has 0 aliphatic carbocycles. The molecule has 0 amide bonds. The van der Waals surface area contributed by atoms with E-state index in [1.54, 1.807) is 7.11 Å². The number of aryl methyl sites for hydroxylation is 3. The van der Waals surface area contributed by atoms with Crippen LogP contribution < -0.4 is 5.32 Å². The van der Waals surface area contributed by atoms with Crippen molar-refractivity contribution in [1.82, 2.24) is 9.97 Å². The molecule has 1 aromatic carbocycles. The lowest BCUT2D eigenvalue weighted by atomic mass is 10.1. The number of esters is 1. The van der Waals surface area contributed by atoms with Gasteiger partial charge in [-0.2, -0.15) is 0 Å². The van der Waals surface area contributed by atoms with Crippen molar-refractivity contribution in [3.05, 3.63) is 46.1 Å². The zero-order valence-electron chi connectivity index (χ0n) is 15.3. The minimum atomic E-state index is -0.361. The number of benzene rings is 1. The van der Waals surface area contributed by atoms with Gasteiger partial charge in [0.1, 0.15) is 28.5 Å². The van der Waals surface area contributed by atoms with E-state index in [4.69, 9.17) is 9.47 Å². The Labute approximate surface area is 156 Å². The molecule has 0 aliphatic heterocycles. The van der Waals surface area contributed by atoms with Gasteiger partial charge < -0.3 is 14.8 Å². The van der Waals surface area contributed by atoms with E-state index in [0.717, 1.165) is 32.6 Å². The summed E-state index contributed by atoms with van der Waals surface area (Å²) < 4.78 is 10.2. The summed E-state index contributed by atoms with van der Waals surface area (Å²) in [7, 11) is 1.57. The van der Waals surface area contributed by atoms with Crippen LogP contribution >= 0.6 is 11.3 Å². The maximum Gasteiger partial charge on any atom is 0.348 e. The van der Waals surface area contributed by atoms with Gasteiger partial charge in [-0.15, -0.1) is 11.3 Å². The van der Waals surface area contributed by atoms with E-state index >= 15 is 0 Å². The van der Waals surface area contributed by atoms with Gasteiger partial charge in [0.05, 0.1) is 12.0 Å². The van der Waals surface area contributed by atoms with Crippen molar-refractivity contribution in [2.45, 2.75) is 20.8 Å². The lowest BCUT2D eigenvalue weighted by Gasteiger charge is -2.11. The van der Waals surface area contributed by atoms with Crippen molar-refractivity contribution in [1.29, 1.82) is 0 Å². The molecule has 3 rings (SSSR count). The predicted octanol–water partition coefficient (Wildman–Crippen LogP) is 4.16. The summed E-state index contributed by atoms with van der Waals surface area (Å²) in [5.74, 6) is 0.327. The van der Waals surface area contributed by atoms with Gasteiger partial charge >= 0.3 is 5.97 Å². The third-order valence-corrected chi connectivity index (χ3v) is 5.26. The van der Waals surface area contributed by atoms with E-state index in [9.17, 15) is 4.79 Å². The lowest BCUT2D eigenvalue weighted by molar-refractivity contribution is 0.0393. The van der Waals surface area contributed by atoms with Crippen LogP contribution in [0.15, 0.2) is 24.5 Å². The van der Waals surface area contributed by atoms with Crippen molar-refractivity contribution in [3.8, 4) is 0 Å². The monoisotopic (exact) mass is 371 g/mol. The third-order valence-electron chi connectivity index (χ3n) is 4.08. The number of rotatable bonds is 6. The molecule has 0 saturated heterocycles. The fraction of sp³-hybridized carbons (Fsp3) is 0.316. The first-order valence-corrected chi connectivity index (χ1v) is 9.07. The van der Waals surface area contributed by atoms with E-state index < -0.39 is 0 Å². The topological polar surface area (TPSA) is 73.3 Å². The van der Waals surface area contributed by atoms with Gasteiger partial charge in [-0.05, 0) is 43.5 Å². The Morgan fingerprint density at radius 3 is 2.77 bits per heavy atom. The van der Waals surface area contributed by atoms with E-state index in [1.807, 2.05) is 20.8 Å². The van der Waals surface area contributed by atoms with Crippen LogP contribution in [0.2, 0.25) is 0 Å². The second-order valence-corrected chi connectivity index (χ2v) is 7.03. The van der Waals surface area contributed by atoms with Crippen LogP contribution in [-0.2, 0) is 9.47 Å². The maximum atomic E-state index is 12.3. The number of methoxy groups -OCH3 is 1. The number of thiophene rings is 1. The Morgan fingerprint density at radius 2 is 2.00 bits per heavy atom. The molecule has 3 aromatic rings. The highest BCUT2D eigenvalue weighted by Crippen LogP contribution is 2.35. The summed E-state index contributed by atoms with van der Waals surface area (Å²) in [6, 6.07) is 6.21. The summed E-state index contributed by atoms with van der Waals surface area (Å²) in [6.45, 7) is 6.57. The van der Waals surface area contributed by atoms with E-state index in [1.165, 1.54) is 17.7 Å². The van der Waals surface area contributed by atoms with Crippen LogP contribution in [0, 0.1) is 20.8 Å². The van der Waals surface area contributed by atoms with Crippen molar-refractivity contribution < 1.29 is 14.3 Å². The zero-order valence-corrected chi connectivity index (χ0v) is 16.1. The van der Waals surface area contributed by atoms with E-state index in [-0.39, 0.29) is 12.6 Å². The number of fused-ring (bicyclic) bond motifs is 1. The van der Waals surface area contributed by atoms with Gasteiger partial charge in [0.25, 0.3) is 0 Å². The summed E-state index contributed by atoms with van der Waals surface area (Å²) >= 11 is 1.32. The van der Waals surface area contributed by atoms with Gasteiger partial charge in [-0.25, -0.2) is 14.8 Å². The first kappa shape index (κ1) is 18.3. The fourth-order valence-corrected chi connectivity index (χ4v) is 3.68. The van der Waals surface area contributed by atoms with Gasteiger partial charge in [0.2, 0.25) is 0 Å². The number of ether oxygens (including phenoxy) is 2. The molecular formula is C19H21N3O3S. The van der Waals surface area contributed by atoms with Gasteiger partial charge in [0.15, 0.2) is 0 Å². The minimum Gasteiger partial charge on any atom is -0.459 e. The molecule has 1 N–H and O–H groups in total. The zero-order chi connectivity index (χ0) is 18.7. The highest BCUT2D eigenvalue weighted by Gasteiger charge is 2.20. The molecule has 0 aliphatic rings. The highest BCUT2D eigenvalue weighted by molar-refractivity contribution is 7.20. The summed E-state index contributed by atoms with van der Waals surface area (Å²) in [5, 5.41) is 4.23. The molecule has 0 radical (unpaired) electrons. The number of nitrogens with one attached hydrogen (secondary N) is 1. The Balaban J connectivity index is 1.97. The van der Waals surface area contributed by atoms with Crippen LogP contribution in [-0.4, -0.2) is 36.3 Å². The fourth-order valence-electron chi connectivity index (χ4n) is 2.64. The van der Waals surface area contributed by atoms with Crippen LogP contribution in [0.25, 0.3) is 10.2 Å². The van der Waals surface area contributed by atoms with Gasteiger partial charge in [-0.1, -0.05) is 12.1 Å². The first-order chi connectivity index (χ1) is 12.5. The number of carbonyl (C=O) groups excluding carboxylic acids is 1. The predicted molar refractivity (Wildman–Crippen MR) is 104 cm³/mol. The van der Waals surface area contributed by atoms with Crippen molar-refractivity contribution in [2.24, 2.45) is 0 Å². The molecule has 0 saturated carbocycles. The highest BCUT2D eigenvalue weighted by atomic mass is 32.1. The Kier molecular flexibility index (Phi) is 5.49. The molecule has 26 heavy (non-hydrogen) atoms. The first-order valence-electron chi connectivity index (χ1n) is 8.25. The molecule has 7 heteroatoms. The van der Waals surface area contributed by atoms with E-state index in [0.29, 0.717) is 17.3 Å². The molecule has 0 spiro atoms. The largest absolute Gasteiger partial charge is 0.459 e. The Morgan fingerprint density at radius 1 is 1.19 bits per heavy atom. The summed E-state index contributed by atoms with van der Waals surface area (Å²) in [6.07, 6.45) is 1.51. The standard InChI is InChI=1S/C19H21N3O3S/c1-11-5-6-12(2)14(9-11)22-17-15-13(3)16(19(23)25-8-7-24-4)26-18(15)21-10-20-17/h5-6,9-10H,7-8H2,1-4H3,(H,20,21,22). The lowest BCUT2D eigenvalue weighted by Crippen LogP contribution is -2.09. The molecule has 2 aromatic heterocycles. The van der Waals surface area contributed by atoms with Crippen molar-refractivity contribution in [3.63, 3.8) is 0 Å². The number of nitrogens with zero attached hydrogens (tertiary/aromatic N) is 2. The molecule has 0 fully saturated rings. The van der Waals surface area contributed by atoms with Gasteiger partial charge in [-0.3, -0.25) is 0 Å². The second-order valence-electron chi connectivity index (χ2n) is 6.03. The minimum absolute atomic E-state index is 0.224. The molecule has 136 valence electrons. The number of hydrogen-bond acceptors (Lipinski definition) is 7. The summed E-state index contributed by atoms with van der Waals surface area (Å²) in [4.78, 5) is 22.4. The molecule has 0 unspecified atom stereocenters. The van der Waals surface area contributed by atoms with Crippen molar-refractivity contribution >= 4 is 39.0 Å². The average molecular weight is 371 g/mol. The van der Waals surface area contributed by atoms with Crippen LogP contribution in [0.5, 0.6) is 0 Å². The smallest absolute Gasteiger partial charge is 0.348 e. The van der Waals surface area contributed by atoms with Crippen LogP contribution in [0.4, 0.5) is 11.5 Å². The SMILES string of the molecule is COCCOC(=O)c1sc2ncnc(Nc3cc(C)ccc3C)c2c1C. The summed E-state index contributed by atoms with van der Waals surface area (Å²) in [5.41, 5.74) is 4.09. The van der Waals surface area contributed by atoms with Crippen molar-refractivity contribution in [2.75, 3.05) is 25.6 Å². The number of aromatic nitrogens is 2. The normalized spacial score (nSPS) is 10.9. The third kappa shape index (κ3) is 3.68. The molecule has 0 bridgehead atoms. The van der Waals surface area contributed by atoms with Crippen LogP contribution in [0.3, 0.4) is 0 Å². The number of hydrogen-bond donors (Lipinski definition) is 1.